The number of ketones is 1. The lowest BCUT2D eigenvalue weighted by Crippen LogP contribution is -2.10. The minimum absolute atomic E-state index is 0.0122. The molecule has 1 atom stereocenters. The lowest BCUT2D eigenvalue weighted by Gasteiger charge is -2.09. The van der Waals surface area contributed by atoms with Gasteiger partial charge < -0.3 is 0 Å². The van der Waals surface area contributed by atoms with Gasteiger partial charge in [-0.25, -0.2) is 0 Å². The molecule has 0 aromatic heterocycles. The van der Waals surface area contributed by atoms with Crippen molar-refractivity contribution in [2.24, 2.45) is 0 Å². The molecule has 0 amide bonds. The minimum Gasteiger partial charge on any atom is -0.298 e. The molecule has 2 heteroatoms. The fraction of sp³-hybridized carbons (Fsp3) is 0.333. The predicted molar refractivity (Wildman–Crippen MR) is 54.8 cm³/mol. The summed E-state index contributed by atoms with van der Waals surface area (Å²) in [5.41, 5.74) is 1.84. The van der Waals surface area contributed by atoms with E-state index in [0.717, 1.165) is 11.1 Å². The highest BCUT2D eigenvalue weighted by atomic mass is 16.1. The number of rotatable bonds is 3. The first-order chi connectivity index (χ1) is 6.70. The highest BCUT2D eigenvalue weighted by Gasteiger charge is 2.19. The summed E-state index contributed by atoms with van der Waals surface area (Å²) in [6.45, 7) is 3.70. The summed E-state index contributed by atoms with van der Waals surface area (Å²) in [5, 5.41) is 8.93. The molecule has 0 aliphatic rings. The Morgan fingerprint density at radius 2 is 2.14 bits per heavy atom. The predicted octanol–water partition coefficient (Wildman–Crippen LogP) is 2.58. The first-order valence-corrected chi connectivity index (χ1v) is 4.68. The second kappa shape index (κ2) is 4.57. The van der Waals surface area contributed by atoms with Gasteiger partial charge in [0.2, 0.25) is 0 Å². The van der Waals surface area contributed by atoms with Crippen LogP contribution >= 0.6 is 0 Å². The molecule has 0 aliphatic heterocycles. The zero-order chi connectivity index (χ0) is 10.6. The van der Waals surface area contributed by atoms with Crippen LogP contribution in [-0.2, 0) is 4.79 Å². The number of nitriles is 1. The summed E-state index contributed by atoms with van der Waals surface area (Å²) < 4.78 is 0. The van der Waals surface area contributed by atoms with Crippen LogP contribution in [0, 0.1) is 18.3 Å². The van der Waals surface area contributed by atoms with E-state index in [9.17, 15) is 4.79 Å². The van der Waals surface area contributed by atoms with Crippen molar-refractivity contribution in [3.8, 4) is 6.07 Å². The monoisotopic (exact) mass is 187 g/mol. The molecule has 0 saturated carbocycles. The molecule has 0 spiro atoms. The topological polar surface area (TPSA) is 40.9 Å². The van der Waals surface area contributed by atoms with Crippen LogP contribution in [0.15, 0.2) is 24.3 Å². The molecule has 0 bridgehead atoms. The molecule has 0 radical (unpaired) electrons. The first-order valence-electron chi connectivity index (χ1n) is 4.68. The van der Waals surface area contributed by atoms with Gasteiger partial charge in [-0.2, -0.15) is 5.26 Å². The van der Waals surface area contributed by atoms with Gasteiger partial charge in [-0.15, -0.1) is 0 Å². The van der Waals surface area contributed by atoms with E-state index in [0.29, 0.717) is 6.42 Å². The number of nitrogens with zero attached hydrogens (tertiary/aromatic N) is 1. The molecule has 0 fully saturated rings. The third kappa shape index (κ3) is 2.00. The summed E-state index contributed by atoms with van der Waals surface area (Å²) in [4.78, 5) is 11.5. The normalized spacial score (nSPS) is 11.8. The Balaban J connectivity index is 3.09. The van der Waals surface area contributed by atoms with Crippen LogP contribution in [0.3, 0.4) is 0 Å². The molecular formula is C12H13NO. The highest BCUT2D eigenvalue weighted by Crippen LogP contribution is 2.20. The number of carbonyl (C=O) groups is 1. The van der Waals surface area contributed by atoms with Gasteiger partial charge in [0.15, 0.2) is 5.78 Å². The Hall–Kier alpha value is -1.62. The SMILES string of the molecule is CCC(=O)[C@H](C#N)c1ccccc1C. The molecule has 0 saturated heterocycles. The lowest BCUT2D eigenvalue weighted by atomic mass is 9.91. The molecule has 0 N–H and O–H groups in total. The second-order valence-corrected chi connectivity index (χ2v) is 3.24. The van der Waals surface area contributed by atoms with Gasteiger partial charge in [0.25, 0.3) is 0 Å². The zero-order valence-electron chi connectivity index (χ0n) is 8.45. The maximum atomic E-state index is 11.5. The summed E-state index contributed by atoms with van der Waals surface area (Å²) in [6.07, 6.45) is 0.409. The molecule has 1 aromatic rings. The van der Waals surface area contributed by atoms with Gasteiger partial charge in [-0.05, 0) is 18.1 Å². The lowest BCUT2D eigenvalue weighted by molar-refractivity contribution is -0.119. The Bertz CT molecular complexity index is 376. The second-order valence-electron chi connectivity index (χ2n) is 3.24. The average molecular weight is 187 g/mol. The highest BCUT2D eigenvalue weighted by molar-refractivity contribution is 5.88. The van der Waals surface area contributed by atoms with Gasteiger partial charge in [0.1, 0.15) is 5.92 Å². The smallest absolute Gasteiger partial charge is 0.154 e. The van der Waals surface area contributed by atoms with E-state index in [1.54, 1.807) is 6.92 Å². The van der Waals surface area contributed by atoms with Crippen molar-refractivity contribution in [2.75, 3.05) is 0 Å². The number of aryl methyl sites for hydroxylation is 1. The quantitative estimate of drug-likeness (QED) is 0.729. The van der Waals surface area contributed by atoms with Crippen LogP contribution in [0.2, 0.25) is 0 Å². The van der Waals surface area contributed by atoms with Crippen LogP contribution in [0.5, 0.6) is 0 Å². The van der Waals surface area contributed by atoms with Crippen LogP contribution in [0.25, 0.3) is 0 Å². The minimum atomic E-state index is -0.596. The summed E-state index contributed by atoms with van der Waals surface area (Å²) in [5.74, 6) is -0.608. The maximum absolute atomic E-state index is 11.5. The van der Waals surface area contributed by atoms with Crippen molar-refractivity contribution in [3.05, 3.63) is 35.4 Å². The zero-order valence-corrected chi connectivity index (χ0v) is 8.45. The Labute approximate surface area is 84.2 Å². The first kappa shape index (κ1) is 10.5. The van der Waals surface area contributed by atoms with Crippen molar-refractivity contribution in [1.29, 1.82) is 5.26 Å². The summed E-state index contributed by atoms with van der Waals surface area (Å²) in [6, 6.07) is 9.59. The third-order valence-electron chi connectivity index (χ3n) is 2.30. The van der Waals surface area contributed by atoms with E-state index in [1.165, 1.54) is 0 Å². The molecule has 2 nitrogen and oxygen atoms in total. The summed E-state index contributed by atoms with van der Waals surface area (Å²) >= 11 is 0. The number of hydrogen-bond donors (Lipinski definition) is 0. The van der Waals surface area contributed by atoms with E-state index < -0.39 is 5.92 Å². The van der Waals surface area contributed by atoms with Gasteiger partial charge in [-0.1, -0.05) is 31.2 Å². The van der Waals surface area contributed by atoms with Gasteiger partial charge in [-0.3, -0.25) is 4.79 Å². The van der Waals surface area contributed by atoms with E-state index in [1.807, 2.05) is 31.2 Å². The van der Waals surface area contributed by atoms with Gasteiger partial charge >= 0.3 is 0 Å². The van der Waals surface area contributed by atoms with Crippen LogP contribution in [0.4, 0.5) is 0 Å². The fourth-order valence-corrected chi connectivity index (χ4v) is 1.43. The van der Waals surface area contributed by atoms with Gasteiger partial charge in [0.05, 0.1) is 6.07 Å². The van der Waals surface area contributed by atoms with Crippen molar-refractivity contribution >= 4 is 5.78 Å². The maximum Gasteiger partial charge on any atom is 0.154 e. The molecule has 0 aliphatic carbocycles. The van der Waals surface area contributed by atoms with E-state index in [4.69, 9.17) is 5.26 Å². The van der Waals surface area contributed by atoms with Crippen molar-refractivity contribution in [2.45, 2.75) is 26.2 Å². The van der Waals surface area contributed by atoms with Crippen molar-refractivity contribution < 1.29 is 4.79 Å². The fourth-order valence-electron chi connectivity index (χ4n) is 1.43. The Kier molecular flexibility index (Phi) is 3.41. The molecule has 1 aromatic carbocycles. The number of Topliss-reactive ketones (excluding diaryl/α,β-unsaturated/α-hetero) is 1. The van der Waals surface area contributed by atoms with E-state index in [2.05, 4.69) is 6.07 Å². The third-order valence-corrected chi connectivity index (χ3v) is 2.30. The molecular weight excluding hydrogens is 174 g/mol. The van der Waals surface area contributed by atoms with Crippen molar-refractivity contribution in [1.82, 2.24) is 0 Å². The molecule has 1 rings (SSSR count). The van der Waals surface area contributed by atoms with E-state index >= 15 is 0 Å². The van der Waals surface area contributed by atoms with Crippen molar-refractivity contribution in [3.63, 3.8) is 0 Å². The average Bonchev–Trinajstić information content (AvgIpc) is 2.21. The van der Waals surface area contributed by atoms with Crippen LogP contribution in [0.1, 0.15) is 30.4 Å². The van der Waals surface area contributed by atoms with Crippen LogP contribution < -0.4 is 0 Å². The molecule has 14 heavy (non-hydrogen) atoms. The number of carbonyl (C=O) groups excluding carboxylic acids is 1. The largest absolute Gasteiger partial charge is 0.298 e. The Morgan fingerprint density at radius 3 is 2.64 bits per heavy atom. The Morgan fingerprint density at radius 1 is 1.50 bits per heavy atom. The number of benzene rings is 1. The molecule has 72 valence electrons. The number of hydrogen-bond acceptors (Lipinski definition) is 2. The van der Waals surface area contributed by atoms with Crippen LogP contribution in [-0.4, -0.2) is 5.78 Å². The molecule has 0 unspecified atom stereocenters. The molecule has 0 heterocycles. The summed E-state index contributed by atoms with van der Waals surface area (Å²) in [7, 11) is 0. The standard InChI is InChI=1S/C12H13NO/c1-3-12(14)11(8-13)10-7-5-4-6-9(10)2/h4-7,11H,3H2,1-2H3/t11-/m1/s1. The van der Waals surface area contributed by atoms with Gasteiger partial charge in [0, 0.05) is 6.42 Å². The van der Waals surface area contributed by atoms with E-state index in [-0.39, 0.29) is 5.78 Å².